The first-order valence-electron chi connectivity index (χ1n) is 10.1. The van der Waals surface area contributed by atoms with Crippen LogP contribution in [-0.4, -0.2) is 32.4 Å². The van der Waals surface area contributed by atoms with E-state index in [0.29, 0.717) is 17.4 Å². The average molecular weight is 384 g/mol. The maximum absolute atomic E-state index is 12.8. The van der Waals surface area contributed by atoms with Crippen molar-refractivity contribution in [2.75, 3.05) is 13.1 Å². The van der Waals surface area contributed by atoms with Crippen LogP contribution < -0.4 is 5.56 Å². The van der Waals surface area contributed by atoms with E-state index in [4.69, 9.17) is 0 Å². The highest BCUT2D eigenvalue weighted by Crippen LogP contribution is 2.32. The summed E-state index contributed by atoms with van der Waals surface area (Å²) in [4.78, 5) is 22.9. The topological polar surface area (TPSA) is 53.4 Å². The third-order valence-electron chi connectivity index (χ3n) is 5.92. The zero-order valence-corrected chi connectivity index (χ0v) is 16.5. The van der Waals surface area contributed by atoms with Gasteiger partial charge in [-0.1, -0.05) is 67.6 Å². The molecule has 0 bridgehead atoms. The molecule has 0 radical (unpaired) electrons. The smallest absolute Gasteiger partial charge is 0.274 e. The standard InChI is InChI=1S/C24H24N4O/c1-17-13-27(14-18-8-4-2-5-9-18)15-20(17)21-16-28-22(24(29)26-21)12-25-23(28)19-10-6-3-7-11-19/h2-12,16-17,20H,13-15H2,1H3,(H,26,29). The minimum absolute atomic E-state index is 0.0779. The van der Waals surface area contributed by atoms with E-state index >= 15 is 0 Å². The molecule has 5 rings (SSSR count). The van der Waals surface area contributed by atoms with Gasteiger partial charge in [-0.05, 0) is 11.5 Å². The van der Waals surface area contributed by atoms with E-state index in [2.05, 4.69) is 52.3 Å². The van der Waals surface area contributed by atoms with Gasteiger partial charge in [-0.15, -0.1) is 0 Å². The Kier molecular flexibility index (Phi) is 4.52. The second kappa shape index (κ2) is 7.33. The molecule has 0 spiro atoms. The van der Waals surface area contributed by atoms with Gasteiger partial charge < -0.3 is 4.98 Å². The second-order valence-corrected chi connectivity index (χ2v) is 8.01. The number of nitrogens with one attached hydrogen (secondary N) is 1. The number of aromatic nitrogens is 3. The molecule has 5 nitrogen and oxygen atoms in total. The predicted octanol–water partition coefficient (Wildman–Crippen LogP) is 3.93. The van der Waals surface area contributed by atoms with Gasteiger partial charge in [-0.25, -0.2) is 4.98 Å². The summed E-state index contributed by atoms with van der Waals surface area (Å²) in [6, 6.07) is 20.6. The summed E-state index contributed by atoms with van der Waals surface area (Å²) in [6.07, 6.45) is 3.73. The SMILES string of the molecule is CC1CN(Cc2ccccc2)CC1c1cn2c(-c3ccccc3)ncc2c(=O)[nH]1. The quantitative estimate of drug-likeness (QED) is 0.580. The highest BCUT2D eigenvalue weighted by molar-refractivity contribution is 5.61. The normalized spacial score (nSPS) is 19.8. The van der Waals surface area contributed by atoms with Crippen LogP contribution in [0.5, 0.6) is 0 Å². The first-order valence-corrected chi connectivity index (χ1v) is 10.1. The third-order valence-corrected chi connectivity index (χ3v) is 5.92. The minimum atomic E-state index is -0.0779. The Hall–Kier alpha value is -3.18. The maximum atomic E-state index is 12.8. The lowest BCUT2D eigenvalue weighted by Gasteiger charge is -2.16. The van der Waals surface area contributed by atoms with E-state index in [1.165, 1.54) is 5.56 Å². The number of hydrogen-bond donors (Lipinski definition) is 1. The van der Waals surface area contributed by atoms with E-state index in [9.17, 15) is 4.79 Å². The van der Waals surface area contributed by atoms with Gasteiger partial charge in [0.1, 0.15) is 11.3 Å². The van der Waals surface area contributed by atoms with Crippen LogP contribution in [0.2, 0.25) is 0 Å². The zero-order chi connectivity index (χ0) is 19.8. The van der Waals surface area contributed by atoms with Crippen molar-refractivity contribution >= 4 is 5.52 Å². The fraction of sp³-hybridized carbons (Fsp3) is 0.250. The average Bonchev–Trinajstić information content (AvgIpc) is 3.33. The van der Waals surface area contributed by atoms with Crippen molar-refractivity contribution in [3.8, 4) is 11.4 Å². The summed E-state index contributed by atoms with van der Waals surface area (Å²) in [5.41, 5.74) is 3.82. The number of rotatable bonds is 4. The van der Waals surface area contributed by atoms with Crippen molar-refractivity contribution in [3.63, 3.8) is 0 Å². The lowest BCUT2D eigenvalue weighted by atomic mass is 9.95. The highest BCUT2D eigenvalue weighted by Gasteiger charge is 2.32. The van der Waals surface area contributed by atoms with Crippen LogP contribution in [0.15, 0.2) is 77.9 Å². The fourth-order valence-corrected chi connectivity index (χ4v) is 4.46. The maximum Gasteiger partial charge on any atom is 0.274 e. The third kappa shape index (κ3) is 3.38. The highest BCUT2D eigenvalue weighted by atomic mass is 16.1. The number of fused-ring (bicyclic) bond motifs is 1. The number of benzene rings is 2. The van der Waals surface area contributed by atoms with Crippen LogP contribution in [0.1, 0.15) is 24.1 Å². The number of aromatic amines is 1. The number of hydrogen-bond acceptors (Lipinski definition) is 3. The van der Waals surface area contributed by atoms with Gasteiger partial charge in [-0.3, -0.25) is 14.1 Å². The molecule has 1 N–H and O–H groups in total. The first kappa shape index (κ1) is 17.9. The van der Waals surface area contributed by atoms with Crippen LogP contribution in [0.3, 0.4) is 0 Å². The molecule has 2 aromatic carbocycles. The van der Waals surface area contributed by atoms with Crippen molar-refractivity contribution < 1.29 is 0 Å². The number of nitrogens with zero attached hydrogens (tertiary/aromatic N) is 3. The van der Waals surface area contributed by atoms with Crippen LogP contribution in [0.4, 0.5) is 0 Å². The molecule has 3 heterocycles. The number of likely N-dealkylation sites (tertiary alicyclic amines) is 1. The molecule has 5 heteroatoms. The molecular formula is C24H24N4O. The summed E-state index contributed by atoms with van der Waals surface area (Å²) >= 11 is 0. The van der Waals surface area contributed by atoms with Gasteiger partial charge in [0.2, 0.25) is 0 Å². The molecule has 1 fully saturated rings. The van der Waals surface area contributed by atoms with E-state index in [1.807, 2.05) is 40.8 Å². The Morgan fingerprint density at radius 2 is 1.76 bits per heavy atom. The minimum Gasteiger partial charge on any atom is -0.323 e. The number of imidazole rings is 1. The number of H-pyrrole nitrogens is 1. The Balaban J connectivity index is 1.48. The van der Waals surface area contributed by atoms with Crippen molar-refractivity contribution in [3.05, 3.63) is 94.7 Å². The van der Waals surface area contributed by atoms with Gasteiger partial charge in [0.25, 0.3) is 5.56 Å². The molecule has 0 amide bonds. The largest absolute Gasteiger partial charge is 0.323 e. The van der Waals surface area contributed by atoms with Crippen molar-refractivity contribution in [2.45, 2.75) is 19.4 Å². The van der Waals surface area contributed by atoms with E-state index in [-0.39, 0.29) is 5.56 Å². The molecule has 1 saturated heterocycles. The van der Waals surface area contributed by atoms with Gasteiger partial charge >= 0.3 is 0 Å². The second-order valence-electron chi connectivity index (χ2n) is 8.01. The molecule has 146 valence electrons. The molecule has 1 aliphatic heterocycles. The molecule has 0 saturated carbocycles. The Bertz CT molecular complexity index is 1180. The lowest BCUT2D eigenvalue weighted by Crippen LogP contribution is -2.21. The Morgan fingerprint density at radius 3 is 2.52 bits per heavy atom. The van der Waals surface area contributed by atoms with Crippen molar-refractivity contribution in [1.29, 1.82) is 0 Å². The molecule has 0 aliphatic carbocycles. The van der Waals surface area contributed by atoms with E-state index in [1.54, 1.807) is 6.20 Å². The van der Waals surface area contributed by atoms with Crippen molar-refractivity contribution in [2.24, 2.45) is 5.92 Å². The molecule has 1 aliphatic rings. The molecule has 4 aromatic rings. The lowest BCUT2D eigenvalue weighted by molar-refractivity contribution is 0.318. The molecule has 2 aromatic heterocycles. The van der Waals surface area contributed by atoms with Gasteiger partial charge in [-0.2, -0.15) is 0 Å². The summed E-state index contributed by atoms with van der Waals surface area (Å²) in [7, 11) is 0. The molecule has 2 atom stereocenters. The summed E-state index contributed by atoms with van der Waals surface area (Å²) in [5, 5.41) is 0. The zero-order valence-electron chi connectivity index (χ0n) is 16.5. The first-order chi connectivity index (χ1) is 14.2. The molecular weight excluding hydrogens is 360 g/mol. The summed E-state index contributed by atoms with van der Waals surface area (Å²) in [5.74, 6) is 1.57. The van der Waals surface area contributed by atoms with Crippen LogP contribution >= 0.6 is 0 Å². The van der Waals surface area contributed by atoms with Crippen molar-refractivity contribution in [1.82, 2.24) is 19.3 Å². The fourth-order valence-electron chi connectivity index (χ4n) is 4.46. The van der Waals surface area contributed by atoms with Crippen LogP contribution in [0, 0.1) is 5.92 Å². The van der Waals surface area contributed by atoms with E-state index in [0.717, 1.165) is 36.7 Å². The monoisotopic (exact) mass is 384 g/mol. The van der Waals surface area contributed by atoms with E-state index < -0.39 is 0 Å². The summed E-state index contributed by atoms with van der Waals surface area (Å²) < 4.78 is 1.94. The molecule has 2 unspecified atom stereocenters. The van der Waals surface area contributed by atoms with Gasteiger partial charge in [0.05, 0.1) is 6.20 Å². The van der Waals surface area contributed by atoms with Gasteiger partial charge in [0.15, 0.2) is 0 Å². The Morgan fingerprint density at radius 1 is 1.03 bits per heavy atom. The van der Waals surface area contributed by atoms with Crippen LogP contribution in [0.25, 0.3) is 16.9 Å². The molecule has 29 heavy (non-hydrogen) atoms. The predicted molar refractivity (Wildman–Crippen MR) is 115 cm³/mol. The Labute approximate surface area is 169 Å². The van der Waals surface area contributed by atoms with Crippen LogP contribution in [-0.2, 0) is 6.54 Å². The van der Waals surface area contributed by atoms with Gasteiger partial charge in [0, 0.05) is 43.0 Å². The summed E-state index contributed by atoms with van der Waals surface area (Å²) in [6.45, 7) is 5.17.